The highest BCUT2D eigenvalue weighted by Gasteiger charge is 1.97. The summed E-state index contributed by atoms with van der Waals surface area (Å²) < 4.78 is 0. The van der Waals surface area contributed by atoms with Crippen LogP contribution in [0.3, 0.4) is 0 Å². The van der Waals surface area contributed by atoms with Crippen LogP contribution < -0.4 is 0 Å². The molecule has 88 valence electrons. The average molecular weight is 238 g/mol. The van der Waals surface area contributed by atoms with Gasteiger partial charge in [0.1, 0.15) is 0 Å². The van der Waals surface area contributed by atoms with Crippen LogP contribution in [0.15, 0.2) is 35.2 Å². The van der Waals surface area contributed by atoms with Gasteiger partial charge in [0.2, 0.25) is 0 Å². The smallest absolute Gasteiger partial charge is 0.303 e. The first-order chi connectivity index (χ1) is 7.79. The van der Waals surface area contributed by atoms with Crippen LogP contribution in [0.25, 0.3) is 0 Å². The summed E-state index contributed by atoms with van der Waals surface area (Å²) in [7, 11) is 0. The van der Waals surface area contributed by atoms with Gasteiger partial charge in [0, 0.05) is 11.3 Å². The summed E-state index contributed by atoms with van der Waals surface area (Å²) in [5.41, 5.74) is 0. The molecule has 0 heterocycles. The third-order valence-corrected chi connectivity index (χ3v) is 3.40. The molecule has 3 heteroatoms. The second-order valence-electron chi connectivity index (χ2n) is 3.72. The zero-order chi connectivity index (χ0) is 11.6. The summed E-state index contributed by atoms with van der Waals surface area (Å²) in [6.07, 6.45) is 4.45. The van der Waals surface area contributed by atoms with Gasteiger partial charge in [0.15, 0.2) is 0 Å². The van der Waals surface area contributed by atoms with Gasteiger partial charge in [-0.15, -0.1) is 11.8 Å². The van der Waals surface area contributed by atoms with Crippen LogP contribution >= 0.6 is 11.8 Å². The molecule has 0 spiro atoms. The van der Waals surface area contributed by atoms with Crippen molar-refractivity contribution in [2.75, 3.05) is 5.75 Å². The normalized spacial score (nSPS) is 10.2. The van der Waals surface area contributed by atoms with E-state index in [1.54, 1.807) is 0 Å². The molecule has 1 aromatic carbocycles. The lowest BCUT2D eigenvalue weighted by molar-refractivity contribution is -0.137. The number of unbranched alkanes of at least 4 members (excludes halogenated alkanes) is 3. The molecule has 0 atom stereocenters. The maximum atomic E-state index is 10.3. The van der Waals surface area contributed by atoms with Gasteiger partial charge in [-0.2, -0.15) is 0 Å². The highest BCUT2D eigenvalue weighted by molar-refractivity contribution is 7.99. The minimum Gasteiger partial charge on any atom is -0.481 e. The summed E-state index contributed by atoms with van der Waals surface area (Å²) >= 11 is 1.87. The highest BCUT2D eigenvalue weighted by atomic mass is 32.2. The minimum atomic E-state index is -0.682. The Labute approximate surface area is 101 Å². The lowest BCUT2D eigenvalue weighted by Gasteiger charge is -2.01. The Bertz CT molecular complexity index is 298. The van der Waals surface area contributed by atoms with E-state index < -0.39 is 5.97 Å². The van der Waals surface area contributed by atoms with Gasteiger partial charge in [-0.05, 0) is 30.7 Å². The first kappa shape index (κ1) is 13.1. The SMILES string of the molecule is O=C(O)CCCCCCSc1ccccc1. The fourth-order valence-electron chi connectivity index (χ4n) is 1.44. The van der Waals surface area contributed by atoms with E-state index in [9.17, 15) is 4.79 Å². The molecule has 0 unspecified atom stereocenters. The van der Waals surface area contributed by atoms with Crippen molar-refractivity contribution in [2.45, 2.75) is 37.0 Å². The van der Waals surface area contributed by atoms with E-state index in [2.05, 4.69) is 24.3 Å². The molecule has 16 heavy (non-hydrogen) atoms. The molecular formula is C13H18O2S. The van der Waals surface area contributed by atoms with Crippen molar-refractivity contribution in [2.24, 2.45) is 0 Å². The fourth-order valence-corrected chi connectivity index (χ4v) is 2.37. The van der Waals surface area contributed by atoms with E-state index in [4.69, 9.17) is 5.11 Å². The van der Waals surface area contributed by atoms with E-state index in [0.717, 1.165) is 25.0 Å². The topological polar surface area (TPSA) is 37.3 Å². The van der Waals surface area contributed by atoms with E-state index in [1.165, 1.54) is 11.3 Å². The molecule has 0 bridgehead atoms. The van der Waals surface area contributed by atoms with E-state index >= 15 is 0 Å². The fraction of sp³-hybridized carbons (Fsp3) is 0.462. The molecule has 0 saturated heterocycles. The maximum Gasteiger partial charge on any atom is 0.303 e. The monoisotopic (exact) mass is 238 g/mol. The predicted octanol–water partition coefficient (Wildman–Crippen LogP) is 3.81. The van der Waals surface area contributed by atoms with Gasteiger partial charge >= 0.3 is 5.97 Å². The molecular weight excluding hydrogens is 220 g/mol. The Balaban J connectivity index is 1.94. The average Bonchev–Trinajstić information content (AvgIpc) is 2.29. The summed E-state index contributed by atoms with van der Waals surface area (Å²) in [6.45, 7) is 0. The minimum absolute atomic E-state index is 0.311. The van der Waals surface area contributed by atoms with Crippen LogP contribution in [0.1, 0.15) is 32.1 Å². The summed E-state index contributed by atoms with van der Waals surface area (Å²) in [5, 5.41) is 8.46. The number of hydrogen-bond donors (Lipinski definition) is 1. The summed E-state index contributed by atoms with van der Waals surface area (Å²) in [5.74, 6) is 0.440. The van der Waals surface area contributed by atoms with Crippen molar-refractivity contribution in [3.8, 4) is 0 Å². The number of benzene rings is 1. The van der Waals surface area contributed by atoms with Crippen LogP contribution in [-0.2, 0) is 4.79 Å². The van der Waals surface area contributed by atoms with Gasteiger partial charge in [0.05, 0.1) is 0 Å². The molecule has 0 fully saturated rings. The molecule has 0 aliphatic heterocycles. The Morgan fingerprint density at radius 3 is 2.44 bits per heavy atom. The van der Waals surface area contributed by atoms with Crippen molar-refractivity contribution in [3.05, 3.63) is 30.3 Å². The molecule has 0 saturated carbocycles. The standard InChI is InChI=1S/C13H18O2S/c14-13(15)10-6-1-2-7-11-16-12-8-4-3-5-9-12/h3-5,8-9H,1-2,6-7,10-11H2,(H,14,15). The maximum absolute atomic E-state index is 10.3. The largest absolute Gasteiger partial charge is 0.481 e. The van der Waals surface area contributed by atoms with Gasteiger partial charge < -0.3 is 5.11 Å². The molecule has 1 N–H and O–H groups in total. The number of aliphatic carboxylic acids is 1. The first-order valence-electron chi connectivity index (χ1n) is 5.68. The molecule has 1 rings (SSSR count). The predicted molar refractivity (Wildman–Crippen MR) is 67.9 cm³/mol. The number of hydrogen-bond acceptors (Lipinski definition) is 2. The highest BCUT2D eigenvalue weighted by Crippen LogP contribution is 2.19. The van der Waals surface area contributed by atoms with Crippen LogP contribution in [0, 0.1) is 0 Å². The molecule has 0 radical (unpaired) electrons. The second-order valence-corrected chi connectivity index (χ2v) is 4.89. The summed E-state index contributed by atoms with van der Waals surface area (Å²) in [4.78, 5) is 11.6. The van der Waals surface area contributed by atoms with Gasteiger partial charge in [-0.3, -0.25) is 4.79 Å². The Kier molecular flexibility index (Phi) is 6.74. The molecule has 1 aromatic rings. The number of rotatable bonds is 8. The van der Waals surface area contributed by atoms with Crippen molar-refractivity contribution in [3.63, 3.8) is 0 Å². The van der Waals surface area contributed by atoms with Crippen LogP contribution in [-0.4, -0.2) is 16.8 Å². The Hall–Kier alpha value is -0.960. The molecule has 0 amide bonds. The van der Waals surface area contributed by atoms with Crippen LogP contribution in [0.5, 0.6) is 0 Å². The zero-order valence-corrected chi connectivity index (χ0v) is 10.2. The van der Waals surface area contributed by atoms with Crippen molar-refractivity contribution < 1.29 is 9.90 Å². The second kappa shape index (κ2) is 8.22. The third-order valence-electron chi connectivity index (χ3n) is 2.30. The number of thioether (sulfide) groups is 1. The van der Waals surface area contributed by atoms with Crippen LogP contribution in [0.4, 0.5) is 0 Å². The van der Waals surface area contributed by atoms with Gasteiger partial charge in [-0.25, -0.2) is 0 Å². The molecule has 0 aliphatic rings. The van der Waals surface area contributed by atoms with E-state index in [1.807, 2.05) is 17.8 Å². The van der Waals surface area contributed by atoms with E-state index in [-0.39, 0.29) is 0 Å². The lowest BCUT2D eigenvalue weighted by atomic mass is 10.2. The number of carbonyl (C=O) groups is 1. The first-order valence-corrected chi connectivity index (χ1v) is 6.67. The van der Waals surface area contributed by atoms with Gasteiger partial charge in [0.25, 0.3) is 0 Å². The number of carboxylic acid groups (broad SMARTS) is 1. The summed E-state index contributed by atoms with van der Waals surface area (Å²) in [6, 6.07) is 10.4. The quantitative estimate of drug-likeness (QED) is 0.552. The Morgan fingerprint density at radius 2 is 1.75 bits per heavy atom. The molecule has 2 nitrogen and oxygen atoms in total. The zero-order valence-electron chi connectivity index (χ0n) is 9.39. The van der Waals surface area contributed by atoms with Crippen molar-refractivity contribution in [1.29, 1.82) is 0 Å². The van der Waals surface area contributed by atoms with Crippen molar-refractivity contribution in [1.82, 2.24) is 0 Å². The van der Waals surface area contributed by atoms with Gasteiger partial charge in [-0.1, -0.05) is 31.0 Å². The lowest BCUT2D eigenvalue weighted by Crippen LogP contribution is -1.93. The third kappa shape index (κ3) is 6.51. The van der Waals surface area contributed by atoms with E-state index in [0.29, 0.717) is 6.42 Å². The molecule has 0 aliphatic carbocycles. The van der Waals surface area contributed by atoms with Crippen molar-refractivity contribution >= 4 is 17.7 Å². The number of carboxylic acids is 1. The molecule has 0 aromatic heterocycles. The Morgan fingerprint density at radius 1 is 1.06 bits per heavy atom. The van der Waals surface area contributed by atoms with Crippen LogP contribution in [0.2, 0.25) is 0 Å².